The number of nitrogens with two attached hydrogens (primary N) is 1. The van der Waals surface area contributed by atoms with Gasteiger partial charge in [0.25, 0.3) is 0 Å². The maximum absolute atomic E-state index is 13.0. The van der Waals surface area contributed by atoms with Gasteiger partial charge >= 0.3 is 5.97 Å². The third-order valence-electron chi connectivity index (χ3n) is 4.11. The van der Waals surface area contributed by atoms with Crippen LogP contribution in [0.5, 0.6) is 0 Å². The second-order valence-electron chi connectivity index (χ2n) is 5.73. The van der Waals surface area contributed by atoms with Crippen molar-refractivity contribution < 1.29 is 14.3 Å². The van der Waals surface area contributed by atoms with Crippen molar-refractivity contribution in [3.63, 3.8) is 0 Å². The molecule has 1 unspecified atom stereocenters. The Balaban J connectivity index is 2.06. The molecule has 2 N–H and O–H groups in total. The zero-order chi connectivity index (χ0) is 17.8. The van der Waals surface area contributed by atoms with Gasteiger partial charge in [-0.3, -0.25) is 14.5 Å². The highest BCUT2D eigenvalue weighted by Gasteiger charge is 2.31. The zero-order valence-corrected chi connectivity index (χ0v) is 14.0. The van der Waals surface area contributed by atoms with E-state index in [-0.39, 0.29) is 19.1 Å². The van der Waals surface area contributed by atoms with Crippen LogP contribution in [0.2, 0.25) is 0 Å². The first-order valence-electron chi connectivity index (χ1n) is 8.20. The first kappa shape index (κ1) is 16.9. The molecule has 1 heterocycles. The molecule has 5 heteroatoms. The molecule has 0 saturated carbocycles. The standard InChI is InChI=1S/C20H20N2O3/c1-2-25-18(23)13-22-17-11-7-6-10-15(17)12-16(19(21)20(22)24)14-8-4-3-5-9-14/h3-12,19H,2,13,21H2,1H3. The molecule has 128 valence electrons. The monoisotopic (exact) mass is 336 g/mol. The number of fused-ring (bicyclic) bond motifs is 1. The summed E-state index contributed by atoms with van der Waals surface area (Å²) in [5.41, 5.74) is 9.37. The Morgan fingerprint density at radius 2 is 1.80 bits per heavy atom. The third-order valence-corrected chi connectivity index (χ3v) is 4.11. The molecule has 1 atom stereocenters. The van der Waals surface area contributed by atoms with E-state index >= 15 is 0 Å². The lowest BCUT2D eigenvalue weighted by Crippen LogP contribution is -2.46. The van der Waals surface area contributed by atoms with Crippen LogP contribution in [0.25, 0.3) is 11.6 Å². The molecule has 1 aliphatic heterocycles. The summed E-state index contributed by atoms with van der Waals surface area (Å²) in [4.78, 5) is 26.4. The molecule has 2 aromatic carbocycles. The number of carbonyl (C=O) groups is 2. The van der Waals surface area contributed by atoms with Gasteiger partial charge in [0.15, 0.2) is 0 Å². The molecule has 3 rings (SSSR count). The van der Waals surface area contributed by atoms with Gasteiger partial charge in [0.2, 0.25) is 5.91 Å². The average Bonchev–Trinajstić information content (AvgIpc) is 2.73. The summed E-state index contributed by atoms with van der Waals surface area (Å²) in [5, 5.41) is 0. The number of para-hydroxylation sites is 1. The van der Waals surface area contributed by atoms with Crippen LogP contribution in [0.1, 0.15) is 18.1 Å². The molecule has 0 aliphatic carbocycles. The predicted octanol–water partition coefficient (Wildman–Crippen LogP) is 2.46. The molecule has 0 bridgehead atoms. The van der Waals surface area contributed by atoms with Crippen LogP contribution in [0, 0.1) is 0 Å². The van der Waals surface area contributed by atoms with Crippen LogP contribution >= 0.6 is 0 Å². The highest BCUT2D eigenvalue weighted by molar-refractivity contribution is 6.13. The molecule has 0 fully saturated rings. The van der Waals surface area contributed by atoms with Crippen molar-refractivity contribution in [2.24, 2.45) is 5.73 Å². The van der Waals surface area contributed by atoms with Crippen molar-refractivity contribution in [2.75, 3.05) is 18.1 Å². The summed E-state index contributed by atoms with van der Waals surface area (Å²) in [6, 6.07) is 16.1. The molecule has 1 aliphatic rings. The molecular weight excluding hydrogens is 316 g/mol. The fraction of sp³-hybridized carbons (Fsp3) is 0.200. The number of esters is 1. The van der Waals surface area contributed by atoms with E-state index in [9.17, 15) is 9.59 Å². The third kappa shape index (κ3) is 3.46. The van der Waals surface area contributed by atoms with Crippen molar-refractivity contribution in [1.82, 2.24) is 0 Å². The average molecular weight is 336 g/mol. The van der Waals surface area contributed by atoms with E-state index in [1.54, 1.807) is 6.92 Å². The van der Waals surface area contributed by atoms with E-state index in [1.807, 2.05) is 60.7 Å². The highest BCUT2D eigenvalue weighted by Crippen LogP contribution is 2.32. The van der Waals surface area contributed by atoms with E-state index in [0.717, 1.165) is 16.7 Å². The van der Waals surface area contributed by atoms with Crippen LogP contribution in [-0.4, -0.2) is 31.1 Å². The summed E-state index contributed by atoms with van der Waals surface area (Å²) < 4.78 is 5.00. The van der Waals surface area contributed by atoms with E-state index in [4.69, 9.17) is 10.5 Å². The van der Waals surface area contributed by atoms with Gasteiger partial charge in [0.1, 0.15) is 12.6 Å². The molecule has 0 spiro atoms. The van der Waals surface area contributed by atoms with E-state index in [0.29, 0.717) is 5.69 Å². The minimum Gasteiger partial charge on any atom is -0.465 e. The van der Waals surface area contributed by atoms with Gasteiger partial charge in [-0.2, -0.15) is 0 Å². The molecule has 0 aromatic heterocycles. The van der Waals surface area contributed by atoms with Gasteiger partial charge in [-0.1, -0.05) is 48.5 Å². The van der Waals surface area contributed by atoms with Crippen LogP contribution < -0.4 is 10.6 Å². The van der Waals surface area contributed by atoms with Crippen molar-refractivity contribution in [1.29, 1.82) is 0 Å². The first-order chi connectivity index (χ1) is 12.1. The number of carbonyl (C=O) groups excluding carboxylic acids is 2. The smallest absolute Gasteiger partial charge is 0.326 e. The predicted molar refractivity (Wildman–Crippen MR) is 97.7 cm³/mol. The number of hydrogen-bond donors (Lipinski definition) is 1. The maximum atomic E-state index is 13.0. The maximum Gasteiger partial charge on any atom is 0.326 e. The lowest BCUT2D eigenvalue weighted by molar-refractivity contribution is -0.142. The minimum atomic E-state index is -0.857. The summed E-state index contributed by atoms with van der Waals surface area (Å²) >= 11 is 0. The second kappa shape index (κ2) is 7.32. The Bertz CT molecular complexity index is 815. The van der Waals surface area contributed by atoms with Crippen molar-refractivity contribution in [3.05, 3.63) is 65.7 Å². The molecule has 0 radical (unpaired) electrons. The number of benzene rings is 2. The van der Waals surface area contributed by atoms with E-state index < -0.39 is 12.0 Å². The van der Waals surface area contributed by atoms with Gasteiger partial charge in [-0.05, 0) is 35.8 Å². The molecular formula is C20H20N2O3. The largest absolute Gasteiger partial charge is 0.465 e. The number of hydrogen-bond acceptors (Lipinski definition) is 4. The van der Waals surface area contributed by atoms with Crippen LogP contribution in [-0.2, 0) is 14.3 Å². The zero-order valence-electron chi connectivity index (χ0n) is 14.0. The number of amides is 1. The van der Waals surface area contributed by atoms with Gasteiger partial charge in [-0.25, -0.2) is 0 Å². The van der Waals surface area contributed by atoms with Gasteiger partial charge in [0, 0.05) is 0 Å². The van der Waals surface area contributed by atoms with Gasteiger partial charge in [-0.15, -0.1) is 0 Å². The van der Waals surface area contributed by atoms with Gasteiger partial charge in [0.05, 0.1) is 12.3 Å². The van der Waals surface area contributed by atoms with E-state index in [2.05, 4.69) is 0 Å². The second-order valence-corrected chi connectivity index (χ2v) is 5.73. The summed E-state index contributed by atoms with van der Waals surface area (Å²) in [7, 11) is 0. The quantitative estimate of drug-likeness (QED) is 0.871. The van der Waals surface area contributed by atoms with Crippen LogP contribution in [0.15, 0.2) is 54.6 Å². The lowest BCUT2D eigenvalue weighted by atomic mass is 9.97. The number of nitrogens with zero attached hydrogens (tertiary/aromatic N) is 1. The Hall–Kier alpha value is -2.92. The summed E-state index contributed by atoms with van der Waals surface area (Å²) in [5.74, 6) is -0.783. The van der Waals surface area contributed by atoms with Crippen LogP contribution in [0.4, 0.5) is 5.69 Å². The SMILES string of the molecule is CCOC(=O)CN1C(=O)C(N)C(c2ccccc2)=Cc2ccccc21. The molecule has 0 saturated heterocycles. The molecule has 5 nitrogen and oxygen atoms in total. The fourth-order valence-corrected chi connectivity index (χ4v) is 2.92. The minimum absolute atomic E-state index is 0.159. The molecule has 25 heavy (non-hydrogen) atoms. The molecule has 1 amide bonds. The van der Waals surface area contributed by atoms with Crippen molar-refractivity contribution in [2.45, 2.75) is 13.0 Å². The van der Waals surface area contributed by atoms with Crippen molar-refractivity contribution in [3.8, 4) is 0 Å². The topological polar surface area (TPSA) is 72.6 Å². The summed E-state index contributed by atoms with van der Waals surface area (Å²) in [6.07, 6.45) is 1.92. The number of rotatable bonds is 4. The normalized spacial score (nSPS) is 16.7. The first-order valence-corrected chi connectivity index (χ1v) is 8.20. The van der Waals surface area contributed by atoms with Gasteiger partial charge < -0.3 is 10.5 Å². The summed E-state index contributed by atoms with van der Waals surface area (Å²) in [6.45, 7) is 1.84. The Morgan fingerprint density at radius 1 is 1.12 bits per heavy atom. The van der Waals surface area contributed by atoms with Crippen molar-refractivity contribution >= 4 is 29.2 Å². The Morgan fingerprint density at radius 3 is 2.52 bits per heavy atom. The molecule has 2 aromatic rings. The number of ether oxygens (including phenoxy) is 1. The highest BCUT2D eigenvalue weighted by atomic mass is 16.5. The fourth-order valence-electron chi connectivity index (χ4n) is 2.92. The Kier molecular flexibility index (Phi) is 4.95. The number of anilines is 1. The Labute approximate surface area is 146 Å². The van der Waals surface area contributed by atoms with Crippen LogP contribution in [0.3, 0.4) is 0 Å². The van der Waals surface area contributed by atoms with E-state index in [1.165, 1.54) is 4.90 Å². The lowest BCUT2D eigenvalue weighted by Gasteiger charge is -2.24.